The Kier molecular flexibility index (Phi) is 4.19. The van der Waals surface area contributed by atoms with Gasteiger partial charge in [0.15, 0.2) is 0 Å². The van der Waals surface area contributed by atoms with Gasteiger partial charge in [0.05, 0.1) is 6.20 Å². The zero-order chi connectivity index (χ0) is 16.7. The van der Waals surface area contributed by atoms with E-state index in [2.05, 4.69) is 53.7 Å². The van der Waals surface area contributed by atoms with Gasteiger partial charge in [0.1, 0.15) is 0 Å². The predicted molar refractivity (Wildman–Crippen MR) is 97.8 cm³/mol. The van der Waals surface area contributed by atoms with Crippen molar-refractivity contribution in [2.24, 2.45) is 7.05 Å². The monoisotopic (exact) mass is 324 g/mol. The number of nitrogens with one attached hydrogen (secondary N) is 1. The quantitative estimate of drug-likeness (QED) is 0.938. The minimum atomic E-state index is 0.701. The highest BCUT2D eigenvalue weighted by Crippen LogP contribution is 2.31. The van der Waals surface area contributed by atoms with Crippen LogP contribution < -0.4 is 5.32 Å². The number of piperidine rings is 1. The molecule has 2 aliphatic heterocycles. The SMILES string of the molecule is Cc1ccc(CN(C)C2CC3CCC(C2)N3)c(-c2cnn(C)c2)c1. The van der Waals surface area contributed by atoms with Gasteiger partial charge in [0, 0.05) is 43.5 Å². The molecule has 2 fully saturated rings. The van der Waals surface area contributed by atoms with E-state index >= 15 is 0 Å². The molecule has 128 valence electrons. The number of aryl methyl sites for hydroxylation is 2. The Labute approximate surface area is 144 Å². The summed E-state index contributed by atoms with van der Waals surface area (Å²) < 4.78 is 1.88. The van der Waals surface area contributed by atoms with Crippen molar-refractivity contribution in [2.75, 3.05) is 7.05 Å². The number of fused-ring (bicyclic) bond motifs is 2. The van der Waals surface area contributed by atoms with Crippen molar-refractivity contribution >= 4 is 0 Å². The second-order valence-electron chi connectivity index (χ2n) is 7.74. The molecule has 4 nitrogen and oxygen atoms in total. The summed E-state index contributed by atoms with van der Waals surface area (Å²) >= 11 is 0. The first kappa shape index (κ1) is 15.9. The summed E-state index contributed by atoms with van der Waals surface area (Å²) in [6, 6.07) is 9.01. The zero-order valence-corrected chi connectivity index (χ0v) is 15.0. The van der Waals surface area contributed by atoms with Gasteiger partial charge >= 0.3 is 0 Å². The van der Waals surface area contributed by atoms with Gasteiger partial charge in [-0.25, -0.2) is 0 Å². The lowest BCUT2D eigenvalue weighted by molar-refractivity contribution is 0.166. The van der Waals surface area contributed by atoms with Crippen LogP contribution in [0.5, 0.6) is 0 Å². The maximum atomic E-state index is 4.36. The topological polar surface area (TPSA) is 33.1 Å². The number of hydrogen-bond donors (Lipinski definition) is 1. The van der Waals surface area contributed by atoms with Crippen LogP contribution in [0.15, 0.2) is 30.6 Å². The molecular weight excluding hydrogens is 296 g/mol. The highest BCUT2D eigenvalue weighted by molar-refractivity contribution is 5.66. The van der Waals surface area contributed by atoms with E-state index in [0.717, 1.165) is 18.6 Å². The van der Waals surface area contributed by atoms with Crippen LogP contribution in [0.1, 0.15) is 36.8 Å². The Bertz CT molecular complexity index is 708. The molecule has 2 unspecified atom stereocenters. The van der Waals surface area contributed by atoms with E-state index < -0.39 is 0 Å². The lowest BCUT2D eigenvalue weighted by Crippen LogP contribution is -2.46. The lowest BCUT2D eigenvalue weighted by Gasteiger charge is -2.36. The maximum Gasteiger partial charge on any atom is 0.0568 e. The van der Waals surface area contributed by atoms with Crippen molar-refractivity contribution in [3.63, 3.8) is 0 Å². The number of benzene rings is 1. The molecule has 1 aromatic heterocycles. The Morgan fingerprint density at radius 3 is 2.67 bits per heavy atom. The second-order valence-corrected chi connectivity index (χ2v) is 7.74. The van der Waals surface area contributed by atoms with Crippen LogP contribution in [-0.4, -0.2) is 39.9 Å². The summed E-state index contributed by atoms with van der Waals surface area (Å²) in [4.78, 5) is 2.57. The van der Waals surface area contributed by atoms with Crippen LogP contribution in [0, 0.1) is 6.92 Å². The van der Waals surface area contributed by atoms with E-state index in [-0.39, 0.29) is 0 Å². The number of aromatic nitrogens is 2. The van der Waals surface area contributed by atoms with Crippen LogP contribution in [0.25, 0.3) is 11.1 Å². The Morgan fingerprint density at radius 2 is 2.00 bits per heavy atom. The third-order valence-corrected chi connectivity index (χ3v) is 5.77. The molecule has 4 heteroatoms. The standard InChI is InChI=1S/C20H28N4/c1-14-4-5-15(20(8-14)16-11-21-24(3)13-16)12-23(2)19-9-17-6-7-18(10-19)22-17/h4-5,8,11,13,17-19,22H,6-7,9-10,12H2,1-3H3. The summed E-state index contributed by atoms with van der Waals surface area (Å²) in [5.74, 6) is 0. The van der Waals surface area contributed by atoms with Crippen LogP contribution in [0.2, 0.25) is 0 Å². The fourth-order valence-electron chi connectivity index (χ4n) is 4.44. The van der Waals surface area contributed by atoms with E-state index in [9.17, 15) is 0 Å². The minimum absolute atomic E-state index is 0.701. The molecule has 3 heterocycles. The minimum Gasteiger partial charge on any atom is -0.311 e. The molecule has 2 atom stereocenters. The van der Waals surface area contributed by atoms with Gasteiger partial charge in [-0.15, -0.1) is 0 Å². The first-order valence-electron chi connectivity index (χ1n) is 9.13. The molecule has 4 rings (SSSR count). The smallest absolute Gasteiger partial charge is 0.0568 e. The van der Waals surface area contributed by atoms with Crippen LogP contribution >= 0.6 is 0 Å². The Morgan fingerprint density at radius 1 is 1.25 bits per heavy atom. The summed E-state index contributed by atoms with van der Waals surface area (Å²) in [5, 5.41) is 8.10. The molecule has 1 aromatic carbocycles. The highest BCUT2D eigenvalue weighted by Gasteiger charge is 2.35. The molecule has 1 N–H and O–H groups in total. The van der Waals surface area contributed by atoms with Crippen molar-refractivity contribution in [2.45, 2.75) is 57.3 Å². The number of nitrogens with zero attached hydrogens (tertiary/aromatic N) is 3. The first-order chi connectivity index (χ1) is 11.6. The van der Waals surface area contributed by atoms with E-state index in [4.69, 9.17) is 0 Å². The van der Waals surface area contributed by atoms with Gasteiger partial charge in [-0.3, -0.25) is 9.58 Å². The fraction of sp³-hybridized carbons (Fsp3) is 0.550. The fourth-order valence-corrected chi connectivity index (χ4v) is 4.44. The van der Waals surface area contributed by atoms with Crippen molar-refractivity contribution in [3.05, 3.63) is 41.7 Å². The third-order valence-electron chi connectivity index (χ3n) is 5.77. The largest absolute Gasteiger partial charge is 0.311 e. The third kappa shape index (κ3) is 3.13. The van der Waals surface area contributed by atoms with Gasteiger partial charge < -0.3 is 5.32 Å². The summed E-state index contributed by atoms with van der Waals surface area (Å²) in [7, 11) is 4.28. The van der Waals surface area contributed by atoms with Crippen LogP contribution in [-0.2, 0) is 13.6 Å². The van der Waals surface area contributed by atoms with Gasteiger partial charge in [-0.1, -0.05) is 23.8 Å². The van der Waals surface area contributed by atoms with Gasteiger partial charge in [-0.05, 0) is 50.8 Å². The summed E-state index contributed by atoms with van der Waals surface area (Å²) in [6.07, 6.45) is 9.40. The average molecular weight is 324 g/mol. The van der Waals surface area contributed by atoms with E-state index in [1.807, 2.05) is 17.9 Å². The Balaban J connectivity index is 1.55. The van der Waals surface area contributed by atoms with Crippen molar-refractivity contribution in [1.82, 2.24) is 20.0 Å². The van der Waals surface area contributed by atoms with Crippen molar-refractivity contribution in [1.29, 1.82) is 0 Å². The molecule has 2 aromatic rings. The molecule has 0 spiro atoms. The zero-order valence-electron chi connectivity index (χ0n) is 15.0. The van der Waals surface area contributed by atoms with E-state index in [1.165, 1.54) is 47.9 Å². The van der Waals surface area contributed by atoms with Crippen molar-refractivity contribution in [3.8, 4) is 11.1 Å². The normalized spacial score (nSPS) is 26.2. The average Bonchev–Trinajstić information content (AvgIpc) is 3.14. The van der Waals surface area contributed by atoms with E-state index in [1.54, 1.807) is 0 Å². The molecule has 0 amide bonds. The first-order valence-corrected chi connectivity index (χ1v) is 9.13. The molecular formula is C20H28N4. The lowest BCUT2D eigenvalue weighted by atomic mass is 9.96. The molecule has 2 bridgehead atoms. The number of hydrogen-bond acceptors (Lipinski definition) is 3. The summed E-state index contributed by atoms with van der Waals surface area (Å²) in [5.41, 5.74) is 5.25. The summed E-state index contributed by atoms with van der Waals surface area (Å²) in [6.45, 7) is 3.17. The molecule has 24 heavy (non-hydrogen) atoms. The van der Waals surface area contributed by atoms with Gasteiger partial charge in [0.25, 0.3) is 0 Å². The van der Waals surface area contributed by atoms with Crippen LogP contribution in [0.4, 0.5) is 0 Å². The molecule has 2 saturated heterocycles. The molecule has 0 radical (unpaired) electrons. The Hall–Kier alpha value is -1.65. The highest BCUT2D eigenvalue weighted by atomic mass is 15.2. The van der Waals surface area contributed by atoms with Crippen LogP contribution in [0.3, 0.4) is 0 Å². The van der Waals surface area contributed by atoms with Gasteiger partial charge in [-0.2, -0.15) is 5.10 Å². The van der Waals surface area contributed by atoms with E-state index in [0.29, 0.717) is 6.04 Å². The maximum absolute atomic E-state index is 4.36. The number of rotatable bonds is 4. The molecule has 0 saturated carbocycles. The molecule has 2 aliphatic rings. The predicted octanol–water partition coefficient (Wildman–Crippen LogP) is 3.11. The second kappa shape index (κ2) is 6.34. The van der Waals surface area contributed by atoms with Crippen molar-refractivity contribution < 1.29 is 0 Å². The van der Waals surface area contributed by atoms with Gasteiger partial charge in [0.2, 0.25) is 0 Å². The molecule has 0 aliphatic carbocycles.